The van der Waals surface area contributed by atoms with Crippen molar-refractivity contribution < 1.29 is 23.8 Å². The van der Waals surface area contributed by atoms with E-state index in [-0.39, 0.29) is 23.1 Å². The zero-order valence-electron chi connectivity index (χ0n) is 16.9. The molecule has 0 unspecified atom stereocenters. The van der Waals surface area contributed by atoms with Gasteiger partial charge in [-0.15, -0.1) is 0 Å². The summed E-state index contributed by atoms with van der Waals surface area (Å²) < 4.78 is 16.5. The fraction of sp³-hybridized carbons (Fsp3) is 0.167. The lowest BCUT2D eigenvalue weighted by Gasteiger charge is -2.11. The fourth-order valence-electron chi connectivity index (χ4n) is 2.81. The average molecular weight is 538 g/mol. The van der Waals surface area contributed by atoms with E-state index in [2.05, 4.69) is 15.9 Å². The highest BCUT2D eigenvalue weighted by Crippen LogP contribution is 2.36. The van der Waals surface area contributed by atoms with Gasteiger partial charge in [0.25, 0.3) is 0 Å². The first-order valence-corrected chi connectivity index (χ1v) is 11.3. The van der Waals surface area contributed by atoms with E-state index in [1.807, 2.05) is 30.3 Å². The number of aryl methyl sites for hydroxylation is 1. The van der Waals surface area contributed by atoms with Crippen LogP contribution in [0.5, 0.6) is 11.5 Å². The Morgan fingerprint density at radius 2 is 1.72 bits per heavy atom. The highest BCUT2D eigenvalue weighted by molar-refractivity contribution is 9.10. The SMILES string of the molecule is O=C(COc1c(Cl)cc(Cl)cc1Br)Oc1cccc(C(=O)OCCCc2ccccc2)c1. The van der Waals surface area contributed by atoms with E-state index >= 15 is 0 Å². The summed E-state index contributed by atoms with van der Waals surface area (Å²) in [6.45, 7) is -0.0869. The van der Waals surface area contributed by atoms with Gasteiger partial charge in [0.2, 0.25) is 0 Å². The molecule has 0 radical (unpaired) electrons. The molecule has 0 aliphatic heterocycles. The normalized spacial score (nSPS) is 10.5. The summed E-state index contributed by atoms with van der Waals surface area (Å²) >= 11 is 15.3. The van der Waals surface area contributed by atoms with E-state index in [9.17, 15) is 9.59 Å². The second kappa shape index (κ2) is 11.9. The lowest BCUT2D eigenvalue weighted by atomic mass is 10.1. The molecule has 0 aromatic heterocycles. The van der Waals surface area contributed by atoms with Gasteiger partial charge in [0.15, 0.2) is 12.4 Å². The van der Waals surface area contributed by atoms with Crippen molar-refractivity contribution in [3.05, 3.63) is 92.4 Å². The number of hydrogen-bond acceptors (Lipinski definition) is 5. The molecular formula is C24H19BrCl2O5. The Morgan fingerprint density at radius 3 is 2.47 bits per heavy atom. The maximum atomic E-state index is 12.3. The number of halogens is 3. The molecule has 5 nitrogen and oxygen atoms in total. The van der Waals surface area contributed by atoms with Crippen LogP contribution in [-0.2, 0) is 16.0 Å². The van der Waals surface area contributed by atoms with Crippen LogP contribution in [0, 0.1) is 0 Å². The third kappa shape index (κ3) is 7.26. The lowest BCUT2D eigenvalue weighted by molar-refractivity contribution is -0.136. The molecule has 0 aliphatic carbocycles. The third-order valence-electron chi connectivity index (χ3n) is 4.28. The largest absolute Gasteiger partial charge is 0.479 e. The molecule has 0 spiro atoms. The number of esters is 2. The molecule has 0 saturated carbocycles. The number of hydrogen-bond donors (Lipinski definition) is 0. The van der Waals surface area contributed by atoms with Crippen LogP contribution >= 0.6 is 39.1 Å². The van der Waals surface area contributed by atoms with Gasteiger partial charge in [-0.2, -0.15) is 0 Å². The predicted octanol–water partition coefficient (Wildman–Crippen LogP) is 6.53. The molecule has 0 bridgehead atoms. The summed E-state index contributed by atoms with van der Waals surface area (Å²) in [4.78, 5) is 24.4. The van der Waals surface area contributed by atoms with Crippen LogP contribution in [0.15, 0.2) is 71.2 Å². The van der Waals surface area contributed by atoms with Crippen molar-refractivity contribution in [2.45, 2.75) is 12.8 Å². The van der Waals surface area contributed by atoms with Gasteiger partial charge in [0, 0.05) is 5.02 Å². The number of carbonyl (C=O) groups is 2. The molecule has 0 N–H and O–H groups in total. The van der Waals surface area contributed by atoms with E-state index in [0.717, 1.165) is 6.42 Å². The Kier molecular flexibility index (Phi) is 8.97. The maximum Gasteiger partial charge on any atom is 0.349 e. The van der Waals surface area contributed by atoms with Crippen LogP contribution < -0.4 is 9.47 Å². The van der Waals surface area contributed by atoms with E-state index < -0.39 is 11.9 Å². The monoisotopic (exact) mass is 536 g/mol. The zero-order chi connectivity index (χ0) is 22.9. The molecule has 32 heavy (non-hydrogen) atoms. The average Bonchev–Trinajstić information content (AvgIpc) is 2.76. The van der Waals surface area contributed by atoms with Crippen molar-refractivity contribution in [3.8, 4) is 11.5 Å². The first kappa shape index (κ1) is 24.1. The molecule has 0 atom stereocenters. The Bertz CT molecular complexity index is 1070. The van der Waals surface area contributed by atoms with Crippen LogP contribution in [0.1, 0.15) is 22.3 Å². The summed E-state index contributed by atoms with van der Waals surface area (Å²) in [6, 6.07) is 19.3. The van der Waals surface area contributed by atoms with E-state index in [0.29, 0.717) is 28.1 Å². The lowest BCUT2D eigenvalue weighted by Crippen LogP contribution is -2.18. The van der Waals surface area contributed by atoms with Crippen molar-refractivity contribution in [1.29, 1.82) is 0 Å². The minimum Gasteiger partial charge on any atom is -0.479 e. The first-order chi connectivity index (χ1) is 15.4. The second-order valence-corrected chi connectivity index (χ2v) is 8.41. The standard InChI is InChI=1S/C24H19BrCl2O5/c25-20-13-18(26)14-21(27)23(20)31-15-22(28)32-19-10-4-9-17(12-19)24(29)30-11-5-8-16-6-2-1-3-7-16/h1-4,6-7,9-10,12-14H,5,8,11,15H2. The van der Waals surface area contributed by atoms with Gasteiger partial charge in [-0.1, -0.05) is 59.6 Å². The van der Waals surface area contributed by atoms with Crippen molar-refractivity contribution in [3.63, 3.8) is 0 Å². The Labute approximate surface area is 204 Å². The highest BCUT2D eigenvalue weighted by Gasteiger charge is 2.14. The summed E-state index contributed by atoms with van der Waals surface area (Å²) in [5.41, 5.74) is 1.48. The molecule has 0 aliphatic rings. The quantitative estimate of drug-likeness (QED) is 0.176. The van der Waals surface area contributed by atoms with Crippen LogP contribution in [0.3, 0.4) is 0 Å². The van der Waals surface area contributed by atoms with Gasteiger partial charge in [0.05, 0.1) is 21.7 Å². The first-order valence-electron chi connectivity index (χ1n) is 9.71. The fourth-order valence-corrected chi connectivity index (χ4v) is 4.18. The smallest absolute Gasteiger partial charge is 0.349 e. The zero-order valence-corrected chi connectivity index (χ0v) is 20.0. The van der Waals surface area contributed by atoms with Gasteiger partial charge in [-0.25, -0.2) is 9.59 Å². The molecule has 166 valence electrons. The summed E-state index contributed by atoms with van der Waals surface area (Å²) in [7, 11) is 0. The number of rotatable bonds is 9. The predicted molar refractivity (Wildman–Crippen MR) is 127 cm³/mol. The molecule has 0 amide bonds. The minimum absolute atomic E-state index is 0.207. The molecule has 0 fully saturated rings. The topological polar surface area (TPSA) is 61.8 Å². The van der Waals surface area contributed by atoms with Crippen molar-refractivity contribution >= 4 is 51.1 Å². The maximum absolute atomic E-state index is 12.3. The Morgan fingerprint density at radius 1 is 0.938 bits per heavy atom. The number of ether oxygens (including phenoxy) is 3. The summed E-state index contributed by atoms with van der Waals surface area (Å²) in [6.07, 6.45) is 1.53. The van der Waals surface area contributed by atoms with Gasteiger partial charge in [0.1, 0.15) is 5.75 Å². The highest BCUT2D eigenvalue weighted by atomic mass is 79.9. The molecule has 8 heteroatoms. The van der Waals surface area contributed by atoms with Crippen molar-refractivity contribution in [2.24, 2.45) is 0 Å². The van der Waals surface area contributed by atoms with E-state index in [1.165, 1.54) is 17.7 Å². The second-order valence-electron chi connectivity index (χ2n) is 6.71. The molecular weight excluding hydrogens is 519 g/mol. The molecule has 3 aromatic carbocycles. The number of carbonyl (C=O) groups excluding carboxylic acids is 2. The Balaban J connectivity index is 1.48. The molecule has 0 heterocycles. The van der Waals surface area contributed by atoms with Gasteiger partial charge >= 0.3 is 11.9 Å². The third-order valence-corrected chi connectivity index (χ3v) is 5.37. The molecule has 3 rings (SSSR count). The number of benzene rings is 3. The summed E-state index contributed by atoms with van der Waals surface area (Å²) in [5, 5.41) is 0.690. The van der Waals surface area contributed by atoms with Crippen LogP contribution in [-0.4, -0.2) is 25.2 Å². The van der Waals surface area contributed by atoms with E-state index in [4.69, 9.17) is 37.4 Å². The van der Waals surface area contributed by atoms with Gasteiger partial charge in [-0.3, -0.25) is 0 Å². The van der Waals surface area contributed by atoms with Crippen LogP contribution in [0.4, 0.5) is 0 Å². The molecule has 0 saturated heterocycles. The summed E-state index contributed by atoms with van der Waals surface area (Å²) in [5.74, 6) is -0.653. The minimum atomic E-state index is -0.656. The van der Waals surface area contributed by atoms with Crippen LogP contribution in [0.25, 0.3) is 0 Å². The van der Waals surface area contributed by atoms with Crippen molar-refractivity contribution in [1.82, 2.24) is 0 Å². The van der Waals surface area contributed by atoms with Crippen LogP contribution in [0.2, 0.25) is 10.0 Å². The van der Waals surface area contributed by atoms with Gasteiger partial charge < -0.3 is 14.2 Å². The molecule has 3 aromatic rings. The Hall–Kier alpha value is -2.54. The van der Waals surface area contributed by atoms with Crippen molar-refractivity contribution in [2.75, 3.05) is 13.2 Å². The van der Waals surface area contributed by atoms with Gasteiger partial charge in [-0.05, 0) is 64.7 Å². The van der Waals surface area contributed by atoms with E-state index in [1.54, 1.807) is 24.3 Å².